The standard InChI is InChI=1S/C55H74N4O20S2/c1-35-33-54(3,4)57-47-39(35)31-41-46(37-9-7-8-10-38(37)53(63)64)42-32-40-36(2)34-55(5,6)58-48(40)52(81(67,68)69)50(42)78-49(41)51(47)80(65,66)56-14-16-71-18-20-73-22-24-75-26-28-77-30-29-76-27-25-74-23-21-72-19-17-70-15-13-45(62)79-59-43(60)11-12-44(59)61/h7-12,31-32,35-36,56-57,60-61H,13-30,33-34H2,1-6H3,(H,63,64)(H,67,68,69). The first-order valence-corrected chi connectivity index (χ1v) is 29.6. The zero-order valence-corrected chi connectivity index (χ0v) is 48.1. The maximum atomic E-state index is 14.9. The number of anilines is 1. The first kappa shape index (κ1) is 62.8. The number of aromatic hydroxyl groups is 2. The molecule has 0 fully saturated rings. The molecule has 0 saturated heterocycles. The van der Waals surface area contributed by atoms with Crippen molar-refractivity contribution in [2.45, 2.75) is 93.5 Å². The van der Waals surface area contributed by atoms with E-state index in [4.69, 9.17) is 52.5 Å². The van der Waals surface area contributed by atoms with Crippen molar-refractivity contribution in [1.29, 1.82) is 0 Å². The second-order valence-electron chi connectivity index (χ2n) is 20.9. The van der Waals surface area contributed by atoms with Crippen LogP contribution >= 0.6 is 0 Å². The van der Waals surface area contributed by atoms with Gasteiger partial charge < -0.3 is 68.1 Å². The number of carboxylic acids is 1. The van der Waals surface area contributed by atoms with Gasteiger partial charge in [-0.15, -0.1) is 4.73 Å². The molecule has 24 nitrogen and oxygen atoms in total. The topological polar surface area (TPSA) is 317 Å². The number of hydrogen-bond donors (Lipinski definition) is 6. The van der Waals surface area contributed by atoms with Gasteiger partial charge in [0.2, 0.25) is 21.8 Å². The van der Waals surface area contributed by atoms with E-state index < -0.39 is 59.8 Å². The zero-order chi connectivity index (χ0) is 58.5. The number of carboxylic acid groups (broad SMARTS) is 1. The summed E-state index contributed by atoms with van der Waals surface area (Å²) in [6.07, 6.45) is 1.07. The first-order valence-electron chi connectivity index (χ1n) is 26.7. The van der Waals surface area contributed by atoms with Crippen molar-refractivity contribution in [1.82, 2.24) is 9.45 Å². The SMILES string of the molecule is CC1CC(C)(C)Nc2c1cc1c(c2S(=O)(=O)NCCOCCOCCOCCOCCOCCOCCOCCOCCC(=O)On2c(O)ccc2O)Oc2c(S(=O)(=O)O)c3c(cc2=C1c1ccccc1C(=O)O)C(C)CC(C)(C)N=3. The smallest absolute Gasteiger partial charge is 0.336 e. The van der Waals surface area contributed by atoms with Gasteiger partial charge in [0, 0.05) is 40.6 Å². The molecule has 1 aromatic heterocycles. The molecule has 0 spiro atoms. The zero-order valence-electron chi connectivity index (χ0n) is 46.4. The van der Waals surface area contributed by atoms with Gasteiger partial charge in [-0.05, 0) is 87.3 Å². The van der Waals surface area contributed by atoms with Gasteiger partial charge in [-0.1, -0.05) is 32.0 Å². The predicted molar refractivity (Wildman–Crippen MR) is 292 cm³/mol. The minimum Gasteiger partial charge on any atom is -0.492 e. The Kier molecular flexibility index (Phi) is 21.7. The normalized spacial score (nSPS) is 17.0. The fraction of sp³-hybridized carbons (Fsp3) is 0.545. The molecule has 0 aliphatic carbocycles. The second-order valence-corrected chi connectivity index (χ2v) is 23.9. The Morgan fingerprint density at radius 2 is 1.19 bits per heavy atom. The molecule has 6 N–H and O–H groups in total. The summed E-state index contributed by atoms with van der Waals surface area (Å²) < 4.78 is 122. The lowest BCUT2D eigenvalue weighted by molar-refractivity contribution is -0.146. The molecule has 81 heavy (non-hydrogen) atoms. The number of fused-ring (bicyclic) bond motifs is 4. The van der Waals surface area contributed by atoms with Crippen LogP contribution in [0.3, 0.4) is 0 Å². The van der Waals surface area contributed by atoms with Crippen LogP contribution < -0.4 is 30.2 Å². The number of hydrogen-bond acceptors (Lipinski definition) is 20. The summed E-state index contributed by atoms with van der Waals surface area (Å²) >= 11 is 0. The highest BCUT2D eigenvalue weighted by molar-refractivity contribution is 7.89. The maximum Gasteiger partial charge on any atom is 0.336 e. The van der Waals surface area contributed by atoms with Crippen molar-refractivity contribution in [3.8, 4) is 23.3 Å². The summed E-state index contributed by atoms with van der Waals surface area (Å²) in [4.78, 5) is 33.3. The van der Waals surface area contributed by atoms with E-state index in [-0.39, 0.29) is 119 Å². The van der Waals surface area contributed by atoms with Crippen LogP contribution in [0.2, 0.25) is 0 Å². The largest absolute Gasteiger partial charge is 0.492 e. The van der Waals surface area contributed by atoms with Crippen molar-refractivity contribution in [3.05, 3.63) is 86.9 Å². The number of carbonyl (C=O) groups excluding carboxylic acids is 1. The van der Waals surface area contributed by atoms with Crippen molar-refractivity contribution < 1.29 is 93.8 Å². The average molecular weight is 1180 g/mol. The van der Waals surface area contributed by atoms with E-state index in [9.17, 15) is 46.3 Å². The van der Waals surface area contributed by atoms with Crippen LogP contribution in [0, 0.1) is 0 Å². The number of rotatable bonds is 33. The van der Waals surface area contributed by atoms with Crippen LogP contribution in [-0.2, 0) is 62.8 Å². The Balaban J connectivity index is 0.841. The number of aromatic nitrogens is 1. The molecule has 2 atom stereocenters. The van der Waals surface area contributed by atoms with E-state index >= 15 is 0 Å². The average Bonchev–Trinajstić information content (AvgIpc) is 3.82. The van der Waals surface area contributed by atoms with Crippen LogP contribution in [0.4, 0.5) is 5.69 Å². The monoisotopic (exact) mass is 1170 g/mol. The number of aromatic carboxylic acids is 1. The molecule has 2 unspecified atom stereocenters. The molecule has 4 heterocycles. The van der Waals surface area contributed by atoms with Crippen LogP contribution in [0.15, 0.2) is 63.3 Å². The van der Waals surface area contributed by atoms with Crippen LogP contribution in [-0.4, -0.2) is 177 Å². The molecule has 0 saturated carbocycles. The highest BCUT2D eigenvalue weighted by Gasteiger charge is 2.42. The van der Waals surface area contributed by atoms with Crippen LogP contribution in [0.5, 0.6) is 23.3 Å². The van der Waals surface area contributed by atoms with Crippen molar-refractivity contribution in [2.24, 2.45) is 4.99 Å². The molecule has 26 heteroatoms. The van der Waals surface area contributed by atoms with Gasteiger partial charge in [0.25, 0.3) is 10.1 Å². The Hall–Kier alpha value is -5.75. The molecule has 0 bridgehead atoms. The van der Waals surface area contributed by atoms with E-state index in [1.807, 2.05) is 41.5 Å². The summed E-state index contributed by atoms with van der Waals surface area (Å²) in [6.45, 7) is 15.7. The second kappa shape index (κ2) is 28.0. The predicted octanol–water partition coefficient (Wildman–Crippen LogP) is 4.26. The Morgan fingerprint density at radius 3 is 1.72 bits per heavy atom. The van der Waals surface area contributed by atoms with Gasteiger partial charge in [-0.2, -0.15) is 8.42 Å². The number of nitrogens with zero attached hydrogens (tertiary/aromatic N) is 2. The number of nitrogens with one attached hydrogen (secondary N) is 2. The Bertz CT molecular complexity index is 3200. The van der Waals surface area contributed by atoms with E-state index in [1.165, 1.54) is 18.2 Å². The molecule has 0 radical (unpaired) electrons. The van der Waals surface area contributed by atoms with Gasteiger partial charge in [0.05, 0.1) is 134 Å². The summed E-state index contributed by atoms with van der Waals surface area (Å²) in [5, 5.41) is 33.1. The van der Waals surface area contributed by atoms with Gasteiger partial charge >= 0.3 is 11.9 Å². The lowest BCUT2D eigenvalue weighted by Gasteiger charge is -2.40. The molecule has 446 valence electrons. The van der Waals surface area contributed by atoms with Crippen LogP contribution in [0.1, 0.15) is 105 Å². The molecule has 3 aliphatic heterocycles. The van der Waals surface area contributed by atoms with Crippen LogP contribution in [0.25, 0.3) is 5.57 Å². The van der Waals surface area contributed by atoms with Gasteiger partial charge in [-0.3, -0.25) is 9.55 Å². The van der Waals surface area contributed by atoms with E-state index in [0.717, 1.165) is 0 Å². The Morgan fingerprint density at radius 1 is 0.679 bits per heavy atom. The lowest BCUT2D eigenvalue weighted by atomic mass is 9.79. The quantitative estimate of drug-likeness (QED) is 0.0252. The number of ether oxygens (including phenoxy) is 9. The highest BCUT2D eigenvalue weighted by Crippen LogP contribution is 2.52. The number of sulfonamides is 1. The summed E-state index contributed by atoms with van der Waals surface area (Å²) in [6, 6.07) is 12.1. The van der Waals surface area contributed by atoms with Crippen molar-refractivity contribution in [3.63, 3.8) is 0 Å². The van der Waals surface area contributed by atoms with E-state index in [1.54, 1.807) is 30.3 Å². The summed E-state index contributed by atoms with van der Waals surface area (Å²) in [5.74, 6) is -3.85. The fourth-order valence-electron chi connectivity index (χ4n) is 10.0. The van der Waals surface area contributed by atoms with Gasteiger partial charge in [-0.25, -0.2) is 22.7 Å². The number of carbonyl (C=O) groups is 2. The van der Waals surface area contributed by atoms with Crippen molar-refractivity contribution in [2.75, 3.05) is 118 Å². The maximum absolute atomic E-state index is 14.9. The molecule has 3 aliphatic rings. The van der Waals surface area contributed by atoms with Gasteiger partial charge in [0.1, 0.15) is 4.90 Å². The molecular formula is C55H74N4O20S2. The summed E-state index contributed by atoms with van der Waals surface area (Å²) in [5.41, 5.74) is 0.515. The minimum atomic E-state index is -5.13. The molecule has 7 rings (SSSR count). The third-order valence-electron chi connectivity index (χ3n) is 13.3. The van der Waals surface area contributed by atoms with Gasteiger partial charge in [0.15, 0.2) is 16.4 Å². The molecule has 3 aromatic carbocycles. The third-order valence-corrected chi connectivity index (χ3v) is 15.8. The molecule has 0 amide bonds. The fourth-order valence-corrected chi connectivity index (χ4v) is 12.2. The van der Waals surface area contributed by atoms with E-state index in [0.29, 0.717) is 94.8 Å². The lowest BCUT2D eigenvalue weighted by Crippen LogP contribution is -2.40. The Labute approximate surface area is 471 Å². The first-order chi connectivity index (χ1) is 38.5. The van der Waals surface area contributed by atoms with E-state index in [2.05, 4.69) is 10.0 Å². The third kappa shape index (κ3) is 16.5. The molecule has 4 aromatic rings. The number of benzene rings is 3. The van der Waals surface area contributed by atoms with Crippen molar-refractivity contribution >= 4 is 43.3 Å². The minimum absolute atomic E-state index is 0.0120. The highest BCUT2D eigenvalue weighted by atomic mass is 32.2. The molecular weight excluding hydrogens is 1100 g/mol. The summed E-state index contributed by atoms with van der Waals surface area (Å²) in [7, 11) is -9.68.